The van der Waals surface area contributed by atoms with Crippen molar-refractivity contribution in [2.24, 2.45) is 0 Å². The van der Waals surface area contributed by atoms with Gasteiger partial charge < -0.3 is 15.5 Å². The molecular weight excluding hydrogens is 322 g/mol. The first-order valence-corrected chi connectivity index (χ1v) is 9.13. The molecule has 0 aliphatic carbocycles. The van der Waals surface area contributed by atoms with E-state index >= 15 is 0 Å². The highest BCUT2D eigenvalue weighted by Gasteiger charge is 2.11. The zero-order valence-electron chi connectivity index (χ0n) is 14.0. The molecule has 0 saturated heterocycles. The van der Waals surface area contributed by atoms with Gasteiger partial charge in [0.25, 0.3) is 0 Å². The summed E-state index contributed by atoms with van der Waals surface area (Å²) in [6.45, 7) is 2.33. The Morgan fingerprint density at radius 3 is 2.54 bits per heavy atom. The van der Waals surface area contributed by atoms with Crippen LogP contribution >= 0.6 is 11.8 Å². The molecule has 1 unspecified atom stereocenters. The molecule has 0 aliphatic rings. The van der Waals surface area contributed by atoms with Crippen molar-refractivity contribution in [1.29, 1.82) is 0 Å². The summed E-state index contributed by atoms with van der Waals surface area (Å²) in [6.07, 6.45) is 3.66. The van der Waals surface area contributed by atoms with Gasteiger partial charge in [0, 0.05) is 16.5 Å². The van der Waals surface area contributed by atoms with E-state index in [9.17, 15) is 15.0 Å². The molecule has 4 nitrogen and oxygen atoms in total. The van der Waals surface area contributed by atoms with Gasteiger partial charge in [0.2, 0.25) is 0 Å². The Hall–Kier alpha value is -1.98. The smallest absolute Gasteiger partial charge is 0.176 e. The molecule has 0 spiro atoms. The maximum absolute atomic E-state index is 12.3. The highest BCUT2D eigenvalue weighted by Crippen LogP contribution is 2.27. The molecule has 1 atom stereocenters. The first-order chi connectivity index (χ1) is 11.5. The number of ketones is 1. The van der Waals surface area contributed by atoms with E-state index in [1.54, 1.807) is 30.3 Å². The average Bonchev–Trinajstić information content (AvgIpc) is 2.59. The lowest BCUT2D eigenvalue weighted by molar-refractivity contribution is 0.0987. The molecule has 0 aliphatic heterocycles. The third kappa shape index (κ3) is 5.28. The number of thioether (sulfide) groups is 1. The summed E-state index contributed by atoms with van der Waals surface area (Å²) in [5.41, 5.74) is 1.77. The number of carbonyl (C=O) groups is 1. The molecule has 3 N–H and O–H groups in total. The van der Waals surface area contributed by atoms with E-state index in [1.807, 2.05) is 18.4 Å². The number of carbonyl (C=O) groups excluding carboxylic acids is 1. The molecular formula is C19H23NO3S. The van der Waals surface area contributed by atoms with Crippen molar-refractivity contribution in [2.75, 3.05) is 12.8 Å². The summed E-state index contributed by atoms with van der Waals surface area (Å²) >= 11 is 1.42. The lowest BCUT2D eigenvalue weighted by atomic mass is 10.1. The summed E-state index contributed by atoms with van der Waals surface area (Å²) < 4.78 is 0. The number of hydrogen-bond acceptors (Lipinski definition) is 5. The Bertz CT molecular complexity index is 686. The fraction of sp³-hybridized carbons (Fsp3) is 0.316. The van der Waals surface area contributed by atoms with Crippen LogP contribution < -0.4 is 5.32 Å². The van der Waals surface area contributed by atoms with Gasteiger partial charge in [0.15, 0.2) is 5.78 Å². The Balaban J connectivity index is 1.81. The van der Waals surface area contributed by atoms with Gasteiger partial charge in [-0.2, -0.15) is 0 Å². The normalized spacial score (nSPS) is 12.1. The molecule has 5 heteroatoms. The minimum absolute atomic E-state index is 0.0155. The fourth-order valence-electron chi connectivity index (χ4n) is 2.37. The maximum Gasteiger partial charge on any atom is 0.176 e. The van der Waals surface area contributed by atoms with Gasteiger partial charge in [-0.1, -0.05) is 12.1 Å². The second kappa shape index (κ2) is 8.76. The van der Waals surface area contributed by atoms with Gasteiger partial charge in [-0.3, -0.25) is 4.79 Å². The van der Waals surface area contributed by atoms with Gasteiger partial charge >= 0.3 is 0 Å². The second-order valence-electron chi connectivity index (χ2n) is 5.80. The van der Waals surface area contributed by atoms with Crippen molar-refractivity contribution in [1.82, 2.24) is 5.32 Å². The van der Waals surface area contributed by atoms with Crippen LogP contribution in [0.15, 0.2) is 47.4 Å². The Morgan fingerprint density at radius 1 is 1.17 bits per heavy atom. The third-order valence-electron chi connectivity index (χ3n) is 3.92. The van der Waals surface area contributed by atoms with Crippen molar-refractivity contribution < 1.29 is 15.0 Å². The van der Waals surface area contributed by atoms with Crippen LogP contribution in [-0.2, 0) is 6.42 Å². The quantitative estimate of drug-likeness (QED) is 0.504. The maximum atomic E-state index is 12.3. The third-order valence-corrected chi connectivity index (χ3v) is 4.68. The molecule has 2 aromatic carbocycles. The number of Topliss-reactive ketones (excluding diaryl/α,β-unsaturated/α-hetero) is 1. The van der Waals surface area contributed by atoms with Gasteiger partial charge in [0.1, 0.15) is 11.5 Å². The fourth-order valence-corrected chi connectivity index (χ4v) is 2.89. The van der Waals surface area contributed by atoms with Gasteiger partial charge in [-0.25, -0.2) is 0 Å². The van der Waals surface area contributed by atoms with Crippen LogP contribution in [0.5, 0.6) is 11.5 Å². The zero-order chi connectivity index (χ0) is 17.5. The zero-order valence-corrected chi connectivity index (χ0v) is 14.8. The van der Waals surface area contributed by atoms with Crippen molar-refractivity contribution in [3.63, 3.8) is 0 Å². The number of phenolic OH excluding ortho intramolecular Hbond substituents is 2. The van der Waals surface area contributed by atoms with E-state index in [2.05, 4.69) is 12.2 Å². The number of phenols is 2. The number of nitrogens with one attached hydrogen (secondary N) is 1. The summed E-state index contributed by atoms with van der Waals surface area (Å²) in [4.78, 5) is 13.0. The molecule has 128 valence electrons. The molecule has 24 heavy (non-hydrogen) atoms. The number of rotatable bonds is 8. The SMILES string of the molecule is CSc1cc(C(=O)CNC(C)CCc2ccc(O)cc2)ccc1O. The van der Waals surface area contributed by atoms with E-state index in [-0.39, 0.29) is 29.9 Å². The monoisotopic (exact) mass is 345 g/mol. The number of aryl methyl sites for hydroxylation is 1. The first kappa shape index (κ1) is 18.4. The minimum atomic E-state index is 0.0155. The van der Waals surface area contributed by atoms with E-state index in [1.165, 1.54) is 11.8 Å². The molecule has 0 bridgehead atoms. The highest BCUT2D eigenvalue weighted by atomic mass is 32.2. The van der Waals surface area contributed by atoms with Crippen LogP contribution in [-0.4, -0.2) is 34.8 Å². The van der Waals surface area contributed by atoms with Crippen molar-refractivity contribution in [2.45, 2.75) is 30.7 Å². The Morgan fingerprint density at radius 2 is 1.88 bits per heavy atom. The summed E-state index contributed by atoms with van der Waals surface area (Å²) in [5.74, 6) is 0.491. The predicted octanol–water partition coefficient (Wildman–Crippen LogP) is 3.61. The van der Waals surface area contributed by atoms with E-state index < -0.39 is 0 Å². The van der Waals surface area contributed by atoms with E-state index in [0.717, 1.165) is 18.4 Å². The van der Waals surface area contributed by atoms with Crippen LogP contribution in [0.4, 0.5) is 0 Å². The van der Waals surface area contributed by atoms with Crippen LogP contribution in [0.2, 0.25) is 0 Å². The Kier molecular flexibility index (Phi) is 6.70. The standard InChI is InChI=1S/C19H23NO3S/c1-13(3-4-14-5-8-16(21)9-6-14)20-12-18(23)15-7-10-17(22)19(11-15)24-2/h5-11,13,20-22H,3-4,12H2,1-2H3. The average molecular weight is 345 g/mol. The molecule has 0 heterocycles. The van der Waals surface area contributed by atoms with Crippen molar-refractivity contribution in [3.05, 3.63) is 53.6 Å². The molecule has 0 saturated carbocycles. The van der Waals surface area contributed by atoms with Crippen LogP contribution in [0, 0.1) is 0 Å². The largest absolute Gasteiger partial charge is 0.508 e. The van der Waals surface area contributed by atoms with Gasteiger partial charge in [-0.05, 0) is 61.9 Å². The summed E-state index contributed by atoms with van der Waals surface area (Å²) in [7, 11) is 0. The number of aromatic hydroxyl groups is 2. The molecule has 0 radical (unpaired) electrons. The number of benzene rings is 2. The number of hydrogen-bond donors (Lipinski definition) is 3. The molecule has 0 amide bonds. The van der Waals surface area contributed by atoms with Crippen LogP contribution in [0.25, 0.3) is 0 Å². The second-order valence-corrected chi connectivity index (χ2v) is 6.64. The molecule has 0 aromatic heterocycles. The molecule has 0 fully saturated rings. The van der Waals surface area contributed by atoms with Crippen molar-refractivity contribution >= 4 is 17.5 Å². The lowest BCUT2D eigenvalue weighted by Gasteiger charge is -2.13. The minimum Gasteiger partial charge on any atom is -0.508 e. The highest BCUT2D eigenvalue weighted by molar-refractivity contribution is 7.98. The lowest BCUT2D eigenvalue weighted by Crippen LogP contribution is -2.31. The summed E-state index contributed by atoms with van der Waals surface area (Å²) in [6, 6.07) is 12.3. The molecule has 2 rings (SSSR count). The topological polar surface area (TPSA) is 69.6 Å². The van der Waals surface area contributed by atoms with E-state index in [4.69, 9.17) is 0 Å². The Labute approximate surface area is 146 Å². The van der Waals surface area contributed by atoms with Crippen LogP contribution in [0.1, 0.15) is 29.3 Å². The van der Waals surface area contributed by atoms with Crippen LogP contribution in [0.3, 0.4) is 0 Å². The van der Waals surface area contributed by atoms with Gasteiger partial charge in [-0.15, -0.1) is 11.8 Å². The van der Waals surface area contributed by atoms with Crippen molar-refractivity contribution in [3.8, 4) is 11.5 Å². The van der Waals surface area contributed by atoms with E-state index in [0.29, 0.717) is 10.5 Å². The van der Waals surface area contributed by atoms with Gasteiger partial charge in [0.05, 0.1) is 6.54 Å². The predicted molar refractivity (Wildman–Crippen MR) is 98.1 cm³/mol. The molecule has 2 aromatic rings. The first-order valence-electron chi connectivity index (χ1n) is 7.91. The summed E-state index contributed by atoms with van der Waals surface area (Å²) in [5, 5.41) is 22.2.